The molecule has 7 nitrogen and oxygen atoms in total. The summed E-state index contributed by atoms with van der Waals surface area (Å²) in [5.74, 6) is 1.67. The molecule has 1 saturated heterocycles. The van der Waals surface area contributed by atoms with Gasteiger partial charge in [0.15, 0.2) is 5.13 Å². The molecule has 1 aliphatic heterocycles. The lowest BCUT2D eigenvalue weighted by Crippen LogP contribution is -2.26. The normalized spacial score (nSPS) is 16.7. The molecule has 1 amide bonds. The third-order valence-electron chi connectivity index (χ3n) is 4.66. The summed E-state index contributed by atoms with van der Waals surface area (Å²) in [7, 11) is 0. The molecule has 3 aromatic rings. The van der Waals surface area contributed by atoms with Crippen LogP contribution in [0.5, 0.6) is 0 Å². The highest BCUT2D eigenvalue weighted by molar-refractivity contribution is 7.13. The Hall–Kier alpha value is -2.65. The maximum Gasteiger partial charge on any atom is 0.246 e. The van der Waals surface area contributed by atoms with Gasteiger partial charge in [0, 0.05) is 41.9 Å². The number of nitrogens with one attached hydrogen (secondary N) is 1. The fraction of sp³-hybridized carbons (Fsp3) is 0.350. The van der Waals surface area contributed by atoms with E-state index in [-0.39, 0.29) is 11.8 Å². The maximum atomic E-state index is 12.5. The monoisotopic (exact) mass is 426 g/mol. The SMILES string of the molecule is Cc1csc(Nc2cc(C3CCN(C(=O)/C=C/c4csc(C)n4)C3)nc(C)n2)n1. The van der Waals surface area contributed by atoms with E-state index in [1.54, 1.807) is 34.8 Å². The highest BCUT2D eigenvalue weighted by Crippen LogP contribution is 2.28. The summed E-state index contributed by atoms with van der Waals surface area (Å²) in [6, 6.07) is 1.97. The molecule has 4 rings (SSSR count). The molecule has 9 heteroatoms. The lowest BCUT2D eigenvalue weighted by atomic mass is 10.0. The molecule has 0 aliphatic carbocycles. The van der Waals surface area contributed by atoms with Crippen LogP contribution >= 0.6 is 22.7 Å². The standard InChI is InChI=1S/C20H22N6OS2/c1-12-10-29-20(21-12)25-18-8-17(22-13(2)23-18)15-6-7-26(9-15)19(27)5-4-16-11-28-14(3)24-16/h4-5,8,10-11,15H,6-7,9H2,1-3H3,(H,21,22,23,25)/b5-4+. The first-order chi connectivity index (χ1) is 14.0. The maximum absolute atomic E-state index is 12.5. The zero-order valence-electron chi connectivity index (χ0n) is 16.5. The van der Waals surface area contributed by atoms with Crippen molar-refractivity contribution >= 4 is 45.6 Å². The second-order valence-electron chi connectivity index (χ2n) is 7.04. The number of aryl methyl sites for hydroxylation is 3. The van der Waals surface area contributed by atoms with Crippen molar-refractivity contribution in [1.29, 1.82) is 0 Å². The van der Waals surface area contributed by atoms with Gasteiger partial charge in [-0.1, -0.05) is 0 Å². The molecular weight excluding hydrogens is 404 g/mol. The predicted octanol–water partition coefficient (Wildman–Crippen LogP) is 4.09. The van der Waals surface area contributed by atoms with Gasteiger partial charge in [-0.25, -0.2) is 19.9 Å². The Balaban J connectivity index is 1.43. The average Bonchev–Trinajstić information content (AvgIpc) is 3.41. The van der Waals surface area contributed by atoms with Crippen LogP contribution < -0.4 is 5.32 Å². The van der Waals surface area contributed by atoms with Crippen molar-refractivity contribution < 1.29 is 4.79 Å². The number of rotatable bonds is 5. The van der Waals surface area contributed by atoms with Crippen molar-refractivity contribution in [1.82, 2.24) is 24.8 Å². The van der Waals surface area contributed by atoms with E-state index in [1.807, 2.05) is 42.5 Å². The molecule has 0 radical (unpaired) electrons. The number of aromatic nitrogens is 4. The van der Waals surface area contributed by atoms with E-state index >= 15 is 0 Å². The zero-order chi connectivity index (χ0) is 20.4. The minimum Gasteiger partial charge on any atom is -0.338 e. The predicted molar refractivity (Wildman–Crippen MR) is 117 cm³/mol. The lowest BCUT2D eigenvalue weighted by Gasteiger charge is -2.15. The van der Waals surface area contributed by atoms with Crippen molar-refractivity contribution in [3.63, 3.8) is 0 Å². The van der Waals surface area contributed by atoms with Gasteiger partial charge in [0.2, 0.25) is 5.91 Å². The number of likely N-dealkylation sites (tertiary alicyclic amines) is 1. The molecule has 29 heavy (non-hydrogen) atoms. The third kappa shape index (κ3) is 4.86. The lowest BCUT2D eigenvalue weighted by molar-refractivity contribution is -0.124. The summed E-state index contributed by atoms with van der Waals surface area (Å²) in [5, 5.41) is 9.03. The summed E-state index contributed by atoms with van der Waals surface area (Å²) in [5.41, 5.74) is 2.77. The van der Waals surface area contributed by atoms with Gasteiger partial charge in [-0.15, -0.1) is 22.7 Å². The van der Waals surface area contributed by atoms with E-state index in [2.05, 4.69) is 25.3 Å². The molecule has 1 unspecified atom stereocenters. The Kier molecular flexibility index (Phi) is 5.68. The summed E-state index contributed by atoms with van der Waals surface area (Å²) in [6.45, 7) is 7.19. The fourth-order valence-corrected chi connectivity index (χ4v) is 4.58. The molecule has 4 heterocycles. The number of carbonyl (C=O) groups excluding carboxylic acids is 1. The second kappa shape index (κ2) is 8.38. The number of thiazole rings is 2. The molecule has 1 aliphatic rings. The smallest absolute Gasteiger partial charge is 0.246 e. The van der Waals surface area contributed by atoms with Gasteiger partial charge in [-0.3, -0.25) is 4.79 Å². The number of hydrogen-bond donors (Lipinski definition) is 1. The van der Waals surface area contributed by atoms with Gasteiger partial charge >= 0.3 is 0 Å². The summed E-state index contributed by atoms with van der Waals surface area (Å²) in [4.78, 5) is 32.3. The molecular formula is C20H22N6OS2. The van der Waals surface area contributed by atoms with Gasteiger partial charge < -0.3 is 10.2 Å². The molecule has 1 N–H and O–H groups in total. The molecule has 1 atom stereocenters. The highest BCUT2D eigenvalue weighted by Gasteiger charge is 2.27. The average molecular weight is 427 g/mol. The largest absolute Gasteiger partial charge is 0.338 e. The minimum atomic E-state index is 0.0144. The van der Waals surface area contributed by atoms with Crippen LogP contribution in [0.3, 0.4) is 0 Å². The molecule has 3 aromatic heterocycles. The summed E-state index contributed by atoms with van der Waals surface area (Å²) >= 11 is 3.13. The second-order valence-corrected chi connectivity index (χ2v) is 8.96. The number of nitrogens with zero attached hydrogens (tertiary/aromatic N) is 5. The molecule has 0 aromatic carbocycles. The van der Waals surface area contributed by atoms with Gasteiger partial charge in [0.25, 0.3) is 0 Å². The van der Waals surface area contributed by atoms with Crippen LogP contribution in [0.4, 0.5) is 10.9 Å². The summed E-state index contributed by atoms with van der Waals surface area (Å²) in [6.07, 6.45) is 4.29. The van der Waals surface area contributed by atoms with Crippen molar-refractivity contribution in [3.05, 3.63) is 50.8 Å². The Labute approximate surface area is 177 Å². The van der Waals surface area contributed by atoms with Crippen molar-refractivity contribution in [3.8, 4) is 0 Å². The molecule has 0 bridgehead atoms. The van der Waals surface area contributed by atoms with Crippen LogP contribution in [0.2, 0.25) is 0 Å². The topological polar surface area (TPSA) is 83.9 Å². The first-order valence-corrected chi connectivity index (χ1v) is 11.2. The first-order valence-electron chi connectivity index (χ1n) is 9.40. The molecule has 150 valence electrons. The van der Waals surface area contributed by atoms with E-state index in [0.717, 1.165) is 46.0 Å². The minimum absolute atomic E-state index is 0.0144. The van der Waals surface area contributed by atoms with Gasteiger partial charge in [0.05, 0.1) is 22.1 Å². The van der Waals surface area contributed by atoms with Crippen LogP contribution in [0.25, 0.3) is 6.08 Å². The third-order valence-corrected chi connectivity index (χ3v) is 6.33. The van der Waals surface area contributed by atoms with E-state index in [4.69, 9.17) is 0 Å². The van der Waals surface area contributed by atoms with Crippen LogP contribution in [0, 0.1) is 20.8 Å². The quantitative estimate of drug-likeness (QED) is 0.619. The number of carbonyl (C=O) groups is 1. The fourth-order valence-electron chi connectivity index (χ4n) is 3.31. The van der Waals surface area contributed by atoms with E-state index < -0.39 is 0 Å². The van der Waals surface area contributed by atoms with Crippen LogP contribution in [0.1, 0.15) is 40.3 Å². The number of hydrogen-bond acceptors (Lipinski definition) is 8. The highest BCUT2D eigenvalue weighted by atomic mass is 32.1. The summed E-state index contributed by atoms with van der Waals surface area (Å²) < 4.78 is 0. The van der Waals surface area contributed by atoms with Crippen LogP contribution in [-0.4, -0.2) is 43.8 Å². The molecule has 1 fully saturated rings. The van der Waals surface area contributed by atoms with Crippen molar-refractivity contribution in [2.45, 2.75) is 33.1 Å². The van der Waals surface area contributed by atoms with E-state index in [1.165, 1.54) is 0 Å². The Morgan fingerprint density at radius 3 is 2.76 bits per heavy atom. The Morgan fingerprint density at radius 2 is 2.03 bits per heavy atom. The van der Waals surface area contributed by atoms with Gasteiger partial charge in [-0.05, 0) is 33.3 Å². The first kappa shape index (κ1) is 19.7. The van der Waals surface area contributed by atoms with E-state index in [9.17, 15) is 4.79 Å². The van der Waals surface area contributed by atoms with Crippen molar-refractivity contribution in [2.24, 2.45) is 0 Å². The molecule has 0 spiro atoms. The van der Waals surface area contributed by atoms with Crippen LogP contribution in [0.15, 0.2) is 22.9 Å². The van der Waals surface area contributed by atoms with Crippen LogP contribution in [-0.2, 0) is 4.79 Å². The number of amides is 1. The Morgan fingerprint density at radius 1 is 1.17 bits per heavy atom. The Bertz CT molecular complexity index is 1060. The zero-order valence-corrected chi connectivity index (χ0v) is 18.2. The van der Waals surface area contributed by atoms with Crippen molar-refractivity contribution in [2.75, 3.05) is 18.4 Å². The van der Waals surface area contributed by atoms with Gasteiger partial charge in [0.1, 0.15) is 11.6 Å². The number of anilines is 2. The van der Waals surface area contributed by atoms with E-state index in [0.29, 0.717) is 12.4 Å². The molecule has 0 saturated carbocycles. The van der Waals surface area contributed by atoms with Gasteiger partial charge in [-0.2, -0.15) is 0 Å².